The number of hydrogen-bond acceptors (Lipinski definition) is 6. The Bertz CT molecular complexity index is 652. The molecule has 0 bridgehead atoms. The summed E-state index contributed by atoms with van der Waals surface area (Å²) in [6, 6.07) is 1.87. The predicted molar refractivity (Wildman–Crippen MR) is 92.4 cm³/mol. The van der Waals surface area contributed by atoms with Gasteiger partial charge in [-0.3, -0.25) is 14.4 Å². The van der Waals surface area contributed by atoms with Gasteiger partial charge in [-0.1, -0.05) is 0 Å². The molecule has 26 heavy (non-hydrogen) atoms. The van der Waals surface area contributed by atoms with E-state index in [1.807, 2.05) is 6.07 Å². The van der Waals surface area contributed by atoms with Crippen molar-refractivity contribution in [1.82, 2.24) is 20.0 Å². The van der Waals surface area contributed by atoms with Crippen molar-refractivity contribution in [3.8, 4) is 0 Å². The lowest BCUT2D eigenvalue weighted by molar-refractivity contribution is -0.153. The number of rotatable bonds is 3. The van der Waals surface area contributed by atoms with E-state index in [0.29, 0.717) is 52.1 Å². The molecule has 3 heterocycles. The summed E-state index contributed by atoms with van der Waals surface area (Å²) in [4.78, 5) is 41.0. The number of nitrogens with zero attached hydrogens (tertiary/aromatic N) is 5. The van der Waals surface area contributed by atoms with Crippen molar-refractivity contribution < 1.29 is 19.5 Å². The van der Waals surface area contributed by atoms with Crippen LogP contribution in [0.1, 0.15) is 19.3 Å². The average molecular weight is 361 g/mol. The van der Waals surface area contributed by atoms with E-state index in [1.165, 1.54) is 0 Å². The van der Waals surface area contributed by atoms with Crippen LogP contribution in [0, 0.1) is 5.92 Å². The number of amides is 2. The van der Waals surface area contributed by atoms with Crippen LogP contribution in [0.25, 0.3) is 0 Å². The second-order valence-corrected chi connectivity index (χ2v) is 6.71. The molecule has 2 aliphatic rings. The maximum Gasteiger partial charge on any atom is 0.312 e. The molecule has 1 aromatic heterocycles. The van der Waals surface area contributed by atoms with Crippen LogP contribution in [-0.4, -0.2) is 82.2 Å². The molecule has 9 heteroatoms. The van der Waals surface area contributed by atoms with E-state index < -0.39 is 17.8 Å². The number of piperidine rings is 1. The minimum Gasteiger partial charge on any atom is -0.481 e. The monoisotopic (exact) mass is 361 g/mol. The molecule has 0 radical (unpaired) electrons. The first-order valence-corrected chi connectivity index (χ1v) is 8.86. The molecule has 2 saturated heterocycles. The first-order valence-electron chi connectivity index (χ1n) is 8.86. The molecular weight excluding hydrogens is 338 g/mol. The molecule has 0 aliphatic carbocycles. The van der Waals surface area contributed by atoms with Gasteiger partial charge in [0.05, 0.1) is 18.1 Å². The van der Waals surface area contributed by atoms with Gasteiger partial charge in [0.1, 0.15) is 0 Å². The third-order valence-electron chi connectivity index (χ3n) is 5.05. The van der Waals surface area contributed by atoms with E-state index in [0.717, 1.165) is 5.69 Å². The zero-order chi connectivity index (χ0) is 18.5. The number of aliphatic carboxylic acids is 1. The van der Waals surface area contributed by atoms with E-state index in [-0.39, 0.29) is 12.3 Å². The number of likely N-dealkylation sites (tertiary alicyclic amines) is 1. The summed E-state index contributed by atoms with van der Waals surface area (Å²) in [5.74, 6) is -1.66. The zero-order valence-corrected chi connectivity index (χ0v) is 14.6. The summed E-state index contributed by atoms with van der Waals surface area (Å²) >= 11 is 0. The number of anilines is 1. The van der Waals surface area contributed by atoms with Crippen molar-refractivity contribution in [2.24, 2.45) is 5.92 Å². The first kappa shape index (κ1) is 18.1. The Morgan fingerprint density at radius 2 is 1.58 bits per heavy atom. The second kappa shape index (κ2) is 8.11. The molecule has 9 nitrogen and oxygen atoms in total. The number of carboxylic acids is 1. The number of carbonyl (C=O) groups is 3. The molecule has 0 aromatic carbocycles. The van der Waals surface area contributed by atoms with Crippen LogP contribution in [0.4, 0.5) is 5.69 Å². The molecule has 0 unspecified atom stereocenters. The minimum absolute atomic E-state index is 0.0872. The topological polar surface area (TPSA) is 107 Å². The van der Waals surface area contributed by atoms with Gasteiger partial charge in [0.15, 0.2) is 0 Å². The lowest BCUT2D eigenvalue weighted by Gasteiger charge is -2.37. The van der Waals surface area contributed by atoms with Crippen LogP contribution in [0.2, 0.25) is 0 Å². The Morgan fingerprint density at radius 3 is 2.12 bits per heavy atom. The highest BCUT2D eigenvalue weighted by molar-refractivity contribution is 6.34. The predicted octanol–water partition coefficient (Wildman–Crippen LogP) is -0.161. The molecule has 140 valence electrons. The largest absolute Gasteiger partial charge is 0.481 e. The van der Waals surface area contributed by atoms with E-state index in [1.54, 1.807) is 22.2 Å². The van der Waals surface area contributed by atoms with Gasteiger partial charge in [-0.05, 0) is 24.8 Å². The van der Waals surface area contributed by atoms with E-state index >= 15 is 0 Å². The number of carbonyl (C=O) groups excluding carboxylic acids is 2. The van der Waals surface area contributed by atoms with Crippen molar-refractivity contribution in [2.75, 3.05) is 44.2 Å². The highest BCUT2D eigenvalue weighted by atomic mass is 16.4. The molecule has 1 N–H and O–H groups in total. The second-order valence-electron chi connectivity index (χ2n) is 6.71. The number of aromatic nitrogens is 2. The number of piperazine rings is 1. The van der Waals surface area contributed by atoms with Crippen LogP contribution in [0.5, 0.6) is 0 Å². The highest BCUT2D eigenvalue weighted by Gasteiger charge is 2.32. The van der Waals surface area contributed by atoms with Crippen molar-refractivity contribution >= 4 is 23.5 Å². The van der Waals surface area contributed by atoms with Gasteiger partial charge in [-0.2, -0.15) is 10.2 Å². The average Bonchev–Trinajstić information content (AvgIpc) is 2.68. The van der Waals surface area contributed by atoms with Crippen LogP contribution >= 0.6 is 0 Å². The van der Waals surface area contributed by atoms with Crippen molar-refractivity contribution in [2.45, 2.75) is 19.3 Å². The summed E-state index contributed by atoms with van der Waals surface area (Å²) < 4.78 is 0. The van der Waals surface area contributed by atoms with Crippen molar-refractivity contribution in [3.05, 3.63) is 18.5 Å². The molecule has 2 amide bonds. The smallest absolute Gasteiger partial charge is 0.312 e. The summed E-state index contributed by atoms with van der Waals surface area (Å²) in [6.07, 6.45) is 4.71. The van der Waals surface area contributed by atoms with Crippen molar-refractivity contribution in [1.29, 1.82) is 0 Å². The Morgan fingerprint density at radius 1 is 0.962 bits per heavy atom. The maximum atomic E-state index is 12.5. The molecule has 1 aromatic rings. The van der Waals surface area contributed by atoms with Gasteiger partial charge >= 0.3 is 17.8 Å². The van der Waals surface area contributed by atoms with Gasteiger partial charge in [-0.25, -0.2) is 0 Å². The third kappa shape index (κ3) is 4.27. The fraction of sp³-hybridized carbons (Fsp3) is 0.588. The molecule has 0 saturated carbocycles. The van der Waals surface area contributed by atoms with Crippen molar-refractivity contribution in [3.63, 3.8) is 0 Å². The van der Waals surface area contributed by atoms with Crippen LogP contribution in [0.15, 0.2) is 18.5 Å². The van der Waals surface area contributed by atoms with E-state index in [4.69, 9.17) is 5.11 Å². The number of carboxylic acid groups (broad SMARTS) is 1. The lowest BCUT2D eigenvalue weighted by Crippen LogP contribution is -2.54. The van der Waals surface area contributed by atoms with Gasteiger partial charge in [0.25, 0.3) is 0 Å². The third-order valence-corrected chi connectivity index (χ3v) is 5.05. The fourth-order valence-corrected chi connectivity index (χ4v) is 3.50. The Balaban J connectivity index is 1.48. The zero-order valence-electron chi connectivity index (χ0n) is 14.6. The SMILES string of the molecule is O=C(O)CC1CCN(C(=O)C(=O)N2CCN(c3ccnnc3)CC2)CC1. The number of hydrogen-bond donors (Lipinski definition) is 1. The Hall–Kier alpha value is -2.71. The molecular formula is C17H23N5O4. The summed E-state index contributed by atoms with van der Waals surface area (Å²) in [5, 5.41) is 16.5. The van der Waals surface area contributed by atoms with Gasteiger partial charge in [0.2, 0.25) is 0 Å². The van der Waals surface area contributed by atoms with Gasteiger partial charge in [0, 0.05) is 45.7 Å². The maximum absolute atomic E-state index is 12.5. The molecule has 0 atom stereocenters. The molecule has 2 fully saturated rings. The summed E-state index contributed by atoms with van der Waals surface area (Å²) in [5.41, 5.74) is 0.957. The summed E-state index contributed by atoms with van der Waals surface area (Å²) in [7, 11) is 0. The van der Waals surface area contributed by atoms with Gasteiger partial charge in [-0.15, -0.1) is 0 Å². The fourth-order valence-electron chi connectivity index (χ4n) is 3.50. The molecule has 2 aliphatic heterocycles. The standard InChI is InChI=1S/C17H23N5O4/c23-15(24)11-13-2-5-21(6-3-13)16(25)17(26)22-9-7-20(8-10-22)14-1-4-18-19-12-14/h1,4,12-13H,2-3,5-11H2,(H,23,24). The molecule has 3 rings (SSSR count). The minimum atomic E-state index is -0.812. The van der Waals surface area contributed by atoms with Crippen LogP contribution in [0.3, 0.4) is 0 Å². The quantitative estimate of drug-likeness (QED) is 0.745. The van der Waals surface area contributed by atoms with E-state index in [2.05, 4.69) is 15.1 Å². The van der Waals surface area contributed by atoms with Gasteiger partial charge < -0.3 is 19.8 Å². The Kier molecular flexibility index (Phi) is 5.65. The highest BCUT2D eigenvalue weighted by Crippen LogP contribution is 2.21. The first-order chi connectivity index (χ1) is 12.5. The van der Waals surface area contributed by atoms with Crippen LogP contribution in [-0.2, 0) is 14.4 Å². The van der Waals surface area contributed by atoms with Crippen LogP contribution < -0.4 is 4.90 Å². The lowest BCUT2D eigenvalue weighted by atomic mass is 9.93. The van der Waals surface area contributed by atoms with E-state index in [9.17, 15) is 14.4 Å². The normalized spacial score (nSPS) is 18.7. The molecule has 0 spiro atoms. The summed E-state index contributed by atoms with van der Waals surface area (Å²) in [6.45, 7) is 3.16. The Labute approximate surface area is 151 Å².